The molecule has 3 N–H and O–H groups in total. The van der Waals surface area contributed by atoms with Crippen molar-refractivity contribution in [1.82, 2.24) is 20.3 Å². The standard InChI is InChI=1S/C32H30N6O3S/c1-21-15-16-33-30(17-21)38-29-10-6-9-26(37-29)28-19-34-31(42-28)27(35-22(2)39)18-23-11-13-25(14-12-23)36-32(40)41-20-24-7-4-3-5-8-24/h3-17,19,27H,18,20H2,1-2H3,(H,35,39)(H,36,40)(H,33,37,38)/t27-/m0/s1. The molecule has 3 aromatic heterocycles. The Labute approximate surface area is 248 Å². The molecule has 0 saturated carbocycles. The Morgan fingerprint density at radius 3 is 2.48 bits per heavy atom. The van der Waals surface area contributed by atoms with Gasteiger partial charge in [-0.2, -0.15) is 0 Å². The number of nitrogens with zero attached hydrogens (tertiary/aromatic N) is 3. The van der Waals surface area contributed by atoms with Crippen LogP contribution in [0.5, 0.6) is 0 Å². The van der Waals surface area contributed by atoms with Crippen LogP contribution in [-0.2, 0) is 22.6 Å². The average molecular weight is 579 g/mol. The van der Waals surface area contributed by atoms with E-state index in [2.05, 4.69) is 25.9 Å². The third-order valence-corrected chi connectivity index (χ3v) is 7.36. The fourth-order valence-corrected chi connectivity index (χ4v) is 5.17. The lowest BCUT2D eigenvalue weighted by atomic mass is 10.1. The topological polar surface area (TPSA) is 118 Å². The highest BCUT2D eigenvalue weighted by molar-refractivity contribution is 7.15. The van der Waals surface area contributed by atoms with Crippen molar-refractivity contribution in [2.75, 3.05) is 10.6 Å². The molecule has 1 atom stereocenters. The molecule has 0 aliphatic heterocycles. The SMILES string of the molecule is CC(=O)N[C@@H](Cc1ccc(NC(=O)OCc2ccccc2)cc1)c1ncc(-c2cccc(Nc3cc(C)ccn3)n2)s1. The molecule has 0 aliphatic carbocycles. The van der Waals surface area contributed by atoms with Gasteiger partial charge in [0.1, 0.15) is 23.3 Å². The molecule has 42 heavy (non-hydrogen) atoms. The molecular weight excluding hydrogens is 548 g/mol. The van der Waals surface area contributed by atoms with E-state index in [1.807, 2.05) is 91.9 Å². The Bertz CT molecular complexity index is 1660. The van der Waals surface area contributed by atoms with Crippen molar-refractivity contribution in [1.29, 1.82) is 0 Å². The number of hydrogen-bond donors (Lipinski definition) is 3. The van der Waals surface area contributed by atoms with Gasteiger partial charge < -0.3 is 15.4 Å². The first-order valence-electron chi connectivity index (χ1n) is 13.4. The summed E-state index contributed by atoms with van der Waals surface area (Å²) in [6.45, 7) is 3.70. The van der Waals surface area contributed by atoms with Gasteiger partial charge in [0.2, 0.25) is 5.91 Å². The first kappa shape index (κ1) is 28.4. The third-order valence-electron chi connectivity index (χ3n) is 6.23. The predicted molar refractivity (Wildman–Crippen MR) is 165 cm³/mol. The first-order chi connectivity index (χ1) is 20.4. The molecular formula is C32H30N6O3S. The van der Waals surface area contributed by atoms with Crippen molar-refractivity contribution in [2.24, 2.45) is 0 Å². The Balaban J connectivity index is 1.23. The van der Waals surface area contributed by atoms with E-state index in [9.17, 15) is 9.59 Å². The summed E-state index contributed by atoms with van der Waals surface area (Å²) in [6, 6.07) is 26.2. The largest absolute Gasteiger partial charge is 0.444 e. The fourth-order valence-electron chi connectivity index (χ4n) is 4.23. The number of ether oxygens (including phenoxy) is 1. The number of nitrogens with one attached hydrogen (secondary N) is 3. The highest BCUT2D eigenvalue weighted by atomic mass is 32.1. The molecule has 0 radical (unpaired) electrons. The van der Waals surface area contributed by atoms with Crippen molar-refractivity contribution >= 4 is 40.7 Å². The van der Waals surface area contributed by atoms with Crippen LogP contribution in [0.15, 0.2) is 97.3 Å². The number of aryl methyl sites for hydroxylation is 1. The number of thiazole rings is 1. The van der Waals surface area contributed by atoms with E-state index in [1.165, 1.54) is 18.3 Å². The normalized spacial score (nSPS) is 11.4. The van der Waals surface area contributed by atoms with Gasteiger partial charge in [0.05, 0.1) is 16.6 Å². The number of hydrogen-bond acceptors (Lipinski definition) is 8. The molecule has 5 rings (SSSR count). The molecule has 9 nitrogen and oxygen atoms in total. The van der Waals surface area contributed by atoms with E-state index in [0.29, 0.717) is 17.9 Å². The van der Waals surface area contributed by atoms with Crippen LogP contribution in [0.2, 0.25) is 0 Å². The summed E-state index contributed by atoms with van der Waals surface area (Å²) < 4.78 is 5.29. The molecule has 0 unspecified atom stereocenters. The maximum atomic E-state index is 12.2. The Morgan fingerprint density at radius 2 is 1.71 bits per heavy atom. The third kappa shape index (κ3) is 7.98. The van der Waals surface area contributed by atoms with Gasteiger partial charge in [0.25, 0.3) is 0 Å². The van der Waals surface area contributed by atoms with Crippen molar-refractivity contribution in [3.8, 4) is 10.6 Å². The number of pyridine rings is 2. The number of aromatic nitrogens is 3. The van der Waals surface area contributed by atoms with Gasteiger partial charge in [0.15, 0.2) is 0 Å². The fraction of sp³-hybridized carbons (Fsp3) is 0.156. The van der Waals surface area contributed by atoms with Crippen LogP contribution in [0.4, 0.5) is 22.1 Å². The zero-order valence-electron chi connectivity index (χ0n) is 23.2. The van der Waals surface area contributed by atoms with Gasteiger partial charge in [-0.15, -0.1) is 11.3 Å². The summed E-state index contributed by atoms with van der Waals surface area (Å²) in [6.07, 6.45) is 3.53. The van der Waals surface area contributed by atoms with Crippen molar-refractivity contribution < 1.29 is 14.3 Å². The molecule has 0 bridgehead atoms. The second-order valence-corrected chi connectivity index (χ2v) is 10.7. The van der Waals surface area contributed by atoms with Crippen LogP contribution in [-0.4, -0.2) is 27.0 Å². The zero-order valence-corrected chi connectivity index (χ0v) is 24.0. The van der Waals surface area contributed by atoms with Crippen LogP contribution >= 0.6 is 11.3 Å². The molecule has 2 aromatic carbocycles. The number of benzene rings is 2. The van der Waals surface area contributed by atoms with Crippen LogP contribution < -0.4 is 16.0 Å². The van der Waals surface area contributed by atoms with Crippen molar-refractivity contribution in [3.05, 3.63) is 119 Å². The number of carbonyl (C=O) groups excluding carboxylic acids is 2. The summed E-state index contributed by atoms with van der Waals surface area (Å²) in [5.41, 5.74) is 4.38. The average Bonchev–Trinajstić information content (AvgIpc) is 3.48. The molecule has 212 valence electrons. The van der Waals surface area contributed by atoms with Gasteiger partial charge in [0, 0.05) is 25.0 Å². The number of anilines is 3. The van der Waals surface area contributed by atoms with Crippen molar-refractivity contribution in [2.45, 2.75) is 32.9 Å². The lowest BCUT2D eigenvalue weighted by Crippen LogP contribution is -2.27. The summed E-state index contributed by atoms with van der Waals surface area (Å²) in [5, 5.41) is 9.78. The Hall–Kier alpha value is -5.09. The Morgan fingerprint density at radius 1 is 0.905 bits per heavy atom. The summed E-state index contributed by atoms with van der Waals surface area (Å²) in [7, 11) is 0. The number of amides is 2. The summed E-state index contributed by atoms with van der Waals surface area (Å²) >= 11 is 1.48. The summed E-state index contributed by atoms with van der Waals surface area (Å²) in [5.74, 6) is 1.25. The maximum Gasteiger partial charge on any atom is 0.411 e. The molecule has 0 fully saturated rings. The lowest BCUT2D eigenvalue weighted by molar-refractivity contribution is -0.119. The summed E-state index contributed by atoms with van der Waals surface area (Å²) in [4.78, 5) is 38.8. The van der Waals surface area contributed by atoms with E-state index in [1.54, 1.807) is 12.4 Å². The van der Waals surface area contributed by atoms with E-state index in [-0.39, 0.29) is 18.6 Å². The highest BCUT2D eigenvalue weighted by Gasteiger charge is 2.19. The van der Waals surface area contributed by atoms with Gasteiger partial charge in [-0.1, -0.05) is 48.5 Å². The van der Waals surface area contributed by atoms with Gasteiger partial charge in [-0.05, 0) is 66.4 Å². The van der Waals surface area contributed by atoms with Crippen LogP contribution in [0.25, 0.3) is 10.6 Å². The molecule has 5 aromatic rings. The van der Waals surface area contributed by atoms with Gasteiger partial charge in [-0.3, -0.25) is 10.1 Å². The molecule has 2 amide bonds. The van der Waals surface area contributed by atoms with Gasteiger partial charge >= 0.3 is 6.09 Å². The van der Waals surface area contributed by atoms with Gasteiger partial charge in [-0.25, -0.2) is 19.7 Å². The van der Waals surface area contributed by atoms with E-state index in [0.717, 1.165) is 38.1 Å². The van der Waals surface area contributed by atoms with Crippen molar-refractivity contribution in [3.63, 3.8) is 0 Å². The predicted octanol–water partition coefficient (Wildman–Crippen LogP) is 6.82. The highest BCUT2D eigenvalue weighted by Crippen LogP contribution is 2.31. The van der Waals surface area contributed by atoms with E-state index < -0.39 is 6.09 Å². The number of carbonyl (C=O) groups is 2. The minimum Gasteiger partial charge on any atom is -0.444 e. The van der Waals surface area contributed by atoms with E-state index >= 15 is 0 Å². The minimum absolute atomic E-state index is 0.147. The molecule has 3 heterocycles. The molecule has 10 heteroatoms. The first-order valence-corrected chi connectivity index (χ1v) is 14.2. The maximum absolute atomic E-state index is 12.2. The second-order valence-electron chi connectivity index (χ2n) is 9.66. The van der Waals surface area contributed by atoms with Crippen LogP contribution in [0.1, 0.15) is 34.7 Å². The second kappa shape index (κ2) is 13.5. The molecule has 0 spiro atoms. The van der Waals surface area contributed by atoms with Crippen LogP contribution in [0.3, 0.4) is 0 Å². The van der Waals surface area contributed by atoms with E-state index in [4.69, 9.17) is 9.72 Å². The molecule has 0 saturated heterocycles. The Kier molecular flexibility index (Phi) is 9.15. The quantitative estimate of drug-likeness (QED) is 0.166. The molecule has 0 aliphatic rings. The lowest BCUT2D eigenvalue weighted by Gasteiger charge is -2.16. The van der Waals surface area contributed by atoms with Crippen LogP contribution in [0, 0.1) is 6.92 Å². The number of rotatable bonds is 10. The monoisotopic (exact) mass is 578 g/mol. The minimum atomic E-state index is -0.527. The zero-order chi connectivity index (χ0) is 29.3. The smallest absolute Gasteiger partial charge is 0.411 e.